The molecule has 1 aliphatic heterocycles. The number of hydrogen-bond donors (Lipinski definition) is 1. The van der Waals surface area contributed by atoms with E-state index in [1.165, 1.54) is 11.8 Å². The molecule has 0 aromatic heterocycles. The van der Waals surface area contributed by atoms with Gasteiger partial charge in [0.05, 0.1) is 12.6 Å². The molecule has 0 radical (unpaired) electrons. The van der Waals surface area contributed by atoms with Gasteiger partial charge in [-0.2, -0.15) is 0 Å². The number of nitrogens with zero attached hydrogens (tertiary/aromatic N) is 1. The summed E-state index contributed by atoms with van der Waals surface area (Å²) >= 11 is 0. The summed E-state index contributed by atoms with van der Waals surface area (Å²) < 4.78 is 25.0. The third kappa shape index (κ3) is 2.14. The van der Waals surface area contributed by atoms with Gasteiger partial charge in [-0.15, -0.1) is 0 Å². The van der Waals surface area contributed by atoms with E-state index < -0.39 is 18.1 Å². The van der Waals surface area contributed by atoms with Crippen LogP contribution in [0, 0.1) is 0 Å². The Morgan fingerprint density at radius 2 is 1.92 bits per heavy atom. The van der Waals surface area contributed by atoms with Crippen molar-refractivity contribution in [1.29, 1.82) is 0 Å². The Morgan fingerprint density at radius 1 is 1.50 bits per heavy atom. The number of halogens is 2. The highest BCUT2D eigenvalue weighted by Crippen LogP contribution is 2.34. The number of aliphatic hydroxyl groups excluding tert-OH is 1. The second-order valence-electron chi connectivity index (χ2n) is 2.86. The van der Waals surface area contributed by atoms with E-state index in [1.807, 2.05) is 13.8 Å². The Hall–Kier alpha value is -0.220. The first-order valence-corrected chi connectivity index (χ1v) is 4.21. The molecule has 1 rings (SSSR count). The third-order valence-electron chi connectivity index (χ3n) is 1.82. The van der Waals surface area contributed by atoms with Gasteiger partial charge in [0.25, 0.3) is 5.92 Å². The van der Waals surface area contributed by atoms with Gasteiger partial charge >= 0.3 is 0 Å². The van der Waals surface area contributed by atoms with Gasteiger partial charge in [0.1, 0.15) is 6.04 Å². The van der Waals surface area contributed by atoms with E-state index in [1.54, 1.807) is 7.05 Å². The Labute approximate surface area is 72.2 Å². The molecule has 1 aliphatic rings. The number of likely N-dealkylation sites (tertiary alicyclic amines) is 1. The summed E-state index contributed by atoms with van der Waals surface area (Å²) in [5, 5.41) is 8.86. The van der Waals surface area contributed by atoms with Crippen molar-refractivity contribution in [2.75, 3.05) is 13.6 Å². The van der Waals surface area contributed by atoms with Crippen LogP contribution in [0.3, 0.4) is 0 Å². The Bertz CT molecular complexity index is 134. The van der Waals surface area contributed by atoms with Crippen LogP contribution >= 0.6 is 0 Å². The molecule has 0 aliphatic carbocycles. The first-order chi connectivity index (χ1) is 5.45. The van der Waals surface area contributed by atoms with Crippen molar-refractivity contribution >= 4 is 0 Å². The smallest absolute Gasteiger partial charge is 0.278 e. The minimum Gasteiger partial charge on any atom is -0.392 e. The van der Waals surface area contributed by atoms with Crippen molar-refractivity contribution in [2.45, 2.75) is 38.8 Å². The first kappa shape index (κ1) is 11.8. The monoisotopic (exact) mass is 181 g/mol. The maximum Gasteiger partial charge on any atom is 0.278 e. The average molecular weight is 181 g/mol. The summed E-state index contributed by atoms with van der Waals surface area (Å²) in [5.74, 6) is -2.69. The summed E-state index contributed by atoms with van der Waals surface area (Å²) in [7, 11) is 1.58. The molecule has 0 saturated carbocycles. The van der Waals surface area contributed by atoms with Gasteiger partial charge in [-0.05, 0) is 14.0 Å². The number of rotatable bonds is 1. The fraction of sp³-hybridized carbons (Fsp3) is 1.00. The molecule has 0 unspecified atom stereocenters. The van der Waals surface area contributed by atoms with E-state index in [9.17, 15) is 8.78 Å². The molecule has 2 nitrogen and oxygen atoms in total. The Kier molecular flexibility index (Phi) is 4.06. The van der Waals surface area contributed by atoms with E-state index in [2.05, 4.69) is 0 Å². The number of likely N-dealkylation sites (N-methyl/N-ethyl adjacent to an activating group) is 1. The van der Waals surface area contributed by atoms with Gasteiger partial charge in [0, 0.05) is 0 Å². The molecule has 1 saturated heterocycles. The molecule has 1 N–H and O–H groups in total. The van der Waals surface area contributed by atoms with Gasteiger partial charge in [-0.3, -0.25) is 4.90 Å². The second-order valence-corrected chi connectivity index (χ2v) is 2.86. The van der Waals surface area contributed by atoms with Gasteiger partial charge in [-0.25, -0.2) is 8.78 Å². The van der Waals surface area contributed by atoms with E-state index >= 15 is 0 Å². The van der Waals surface area contributed by atoms with Crippen molar-refractivity contribution in [3.8, 4) is 0 Å². The average Bonchev–Trinajstić information content (AvgIpc) is 1.87. The van der Waals surface area contributed by atoms with Gasteiger partial charge < -0.3 is 5.11 Å². The third-order valence-corrected chi connectivity index (χ3v) is 1.82. The van der Waals surface area contributed by atoms with Crippen LogP contribution in [0.2, 0.25) is 0 Å². The Balaban J connectivity index is 0.000000561. The normalized spacial score (nSPS) is 29.8. The quantitative estimate of drug-likeness (QED) is 0.660. The lowest BCUT2D eigenvalue weighted by Gasteiger charge is -2.46. The second kappa shape index (κ2) is 4.14. The van der Waals surface area contributed by atoms with Crippen molar-refractivity contribution in [1.82, 2.24) is 4.90 Å². The number of aliphatic hydroxyl groups is 1. The molecule has 1 heterocycles. The van der Waals surface area contributed by atoms with Crippen molar-refractivity contribution in [3.63, 3.8) is 0 Å². The molecular formula is C8H17F2NO. The van der Waals surface area contributed by atoms with Crippen molar-refractivity contribution < 1.29 is 13.9 Å². The molecule has 2 atom stereocenters. The largest absolute Gasteiger partial charge is 0.392 e. The van der Waals surface area contributed by atoms with Crippen LogP contribution in [0.25, 0.3) is 0 Å². The van der Waals surface area contributed by atoms with E-state index in [-0.39, 0.29) is 6.54 Å². The SMILES string of the molecule is CC.C[C@H](O)[C@H]1N(C)CC1(F)F. The maximum atomic E-state index is 12.5. The lowest BCUT2D eigenvalue weighted by molar-refractivity contribution is -0.202. The molecule has 74 valence electrons. The van der Waals surface area contributed by atoms with Gasteiger partial charge in [0.2, 0.25) is 0 Å². The van der Waals surface area contributed by atoms with Crippen LogP contribution < -0.4 is 0 Å². The highest BCUT2D eigenvalue weighted by molar-refractivity contribution is 4.99. The van der Waals surface area contributed by atoms with Crippen LogP contribution in [0.1, 0.15) is 20.8 Å². The molecule has 0 bridgehead atoms. The fourth-order valence-corrected chi connectivity index (χ4v) is 1.46. The molecule has 4 heteroatoms. The minimum absolute atomic E-state index is 0.234. The summed E-state index contributed by atoms with van der Waals surface area (Å²) in [6.45, 7) is 5.15. The minimum atomic E-state index is -2.69. The zero-order chi connectivity index (χ0) is 9.94. The molecule has 12 heavy (non-hydrogen) atoms. The molecule has 0 amide bonds. The Morgan fingerprint density at radius 3 is 2.00 bits per heavy atom. The molecule has 0 aromatic carbocycles. The zero-order valence-electron chi connectivity index (χ0n) is 8.01. The summed E-state index contributed by atoms with van der Waals surface area (Å²) in [6.07, 6.45) is -0.950. The number of hydrogen-bond acceptors (Lipinski definition) is 2. The predicted molar refractivity (Wildman–Crippen MR) is 44.4 cm³/mol. The zero-order valence-corrected chi connectivity index (χ0v) is 8.01. The van der Waals surface area contributed by atoms with Crippen molar-refractivity contribution in [3.05, 3.63) is 0 Å². The standard InChI is InChI=1S/C6H11F2NO.C2H6/c1-4(10)5-6(7,8)3-9(5)2;1-2/h4-5,10H,3H2,1-2H3;1-2H3/t4-,5+;/m0./s1. The van der Waals surface area contributed by atoms with E-state index in [0.29, 0.717) is 0 Å². The molecular weight excluding hydrogens is 164 g/mol. The lowest BCUT2D eigenvalue weighted by atomic mass is 9.95. The first-order valence-electron chi connectivity index (χ1n) is 4.21. The van der Waals surface area contributed by atoms with Crippen LogP contribution in [-0.2, 0) is 0 Å². The summed E-state index contributed by atoms with van der Waals surface area (Å²) in [6, 6.07) is -0.979. The van der Waals surface area contributed by atoms with Gasteiger partial charge in [-0.1, -0.05) is 13.8 Å². The van der Waals surface area contributed by atoms with E-state index in [4.69, 9.17) is 5.11 Å². The van der Waals surface area contributed by atoms with Crippen molar-refractivity contribution in [2.24, 2.45) is 0 Å². The topological polar surface area (TPSA) is 23.5 Å². The molecule has 0 spiro atoms. The van der Waals surface area contributed by atoms with Crippen LogP contribution in [-0.4, -0.2) is 41.7 Å². The predicted octanol–water partition coefficient (Wildman–Crippen LogP) is 1.34. The maximum absolute atomic E-state index is 12.5. The fourth-order valence-electron chi connectivity index (χ4n) is 1.46. The summed E-state index contributed by atoms with van der Waals surface area (Å²) in [5.41, 5.74) is 0. The lowest BCUT2D eigenvalue weighted by Crippen LogP contribution is -2.67. The number of alkyl halides is 2. The highest BCUT2D eigenvalue weighted by atomic mass is 19.3. The van der Waals surface area contributed by atoms with E-state index in [0.717, 1.165) is 0 Å². The highest BCUT2D eigenvalue weighted by Gasteiger charge is 2.54. The molecule has 0 aromatic rings. The summed E-state index contributed by atoms with van der Waals surface area (Å²) in [4.78, 5) is 1.45. The molecule has 1 fully saturated rings. The van der Waals surface area contributed by atoms with Crippen LogP contribution in [0.5, 0.6) is 0 Å². The van der Waals surface area contributed by atoms with Crippen LogP contribution in [0.4, 0.5) is 8.78 Å². The van der Waals surface area contributed by atoms with Gasteiger partial charge in [0.15, 0.2) is 0 Å². The van der Waals surface area contributed by atoms with Crippen LogP contribution in [0.15, 0.2) is 0 Å².